The van der Waals surface area contributed by atoms with E-state index in [2.05, 4.69) is 49.1 Å². The Hall–Kier alpha value is -2.18. The molecule has 2 rings (SSSR count). The SMILES string of the molecule is CC(c1cccc(-c2ncccc2C#N)c1)N(C)C. The summed E-state index contributed by atoms with van der Waals surface area (Å²) in [5.74, 6) is 0. The van der Waals surface area contributed by atoms with E-state index in [0.717, 1.165) is 11.3 Å². The molecule has 1 unspecified atom stereocenters. The average molecular weight is 251 g/mol. The van der Waals surface area contributed by atoms with Crippen molar-refractivity contribution in [2.45, 2.75) is 13.0 Å². The van der Waals surface area contributed by atoms with E-state index in [1.165, 1.54) is 5.56 Å². The van der Waals surface area contributed by atoms with Gasteiger partial charge in [-0.3, -0.25) is 4.98 Å². The van der Waals surface area contributed by atoms with Crippen LogP contribution in [0.2, 0.25) is 0 Å². The number of hydrogen-bond donors (Lipinski definition) is 0. The van der Waals surface area contributed by atoms with Crippen LogP contribution in [0.25, 0.3) is 11.3 Å². The molecular weight excluding hydrogens is 234 g/mol. The van der Waals surface area contributed by atoms with Gasteiger partial charge in [-0.1, -0.05) is 18.2 Å². The largest absolute Gasteiger partial charge is 0.303 e. The molecule has 3 heteroatoms. The highest BCUT2D eigenvalue weighted by Gasteiger charge is 2.11. The van der Waals surface area contributed by atoms with Crippen LogP contribution in [0.1, 0.15) is 24.1 Å². The van der Waals surface area contributed by atoms with Crippen LogP contribution in [0, 0.1) is 11.3 Å². The minimum atomic E-state index is 0.328. The maximum atomic E-state index is 9.15. The fourth-order valence-corrected chi connectivity index (χ4v) is 1.97. The lowest BCUT2D eigenvalue weighted by molar-refractivity contribution is 0.321. The van der Waals surface area contributed by atoms with Crippen LogP contribution in [0.5, 0.6) is 0 Å². The Bertz CT molecular complexity index is 611. The summed E-state index contributed by atoms with van der Waals surface area (Å²) in [6.45, 7) is 2.16. The van der Waals surface area contributed by atoms with Crippen molar-refractivity contribution in [3.63, 3.8) is 0 Å². The number of aromatic nitrogens is 1. The Balaban J connectivity index is 2.47. The molecule has 0 spiro atoms. The molecule has 1 aromatic carbocycles. The molecular formula is C16H17N3. The molecule has 0 saturated carbocycles. The molecule has 96 valence electrons. The van der Waals surface area contributed by atoms with Crippen LogP contribution in [-0.2, 0) is 0 Å². The zero-order valence-electron chi connectivity index (χ0n) is 11.5. The van der Waals surface area contributed by atoms with E-state index >= 15 is 0 Å². The first-order valence-corrected chi connectivity index (χ1v) is 6.25. The summed E-state index contributed by atoms with van der Waals surface area (Å²) in [5.41, 5.74) is 3.57. The van der Waals surface area contributed by atoms with Crippen LogP contribution < -0.4 is 0 Å². The lowest BCUT2D eigenvalue weighted by atomic mass is 10.0. The molecule has 0 aliphatic carbocycles. The Morgan fingerprint density at radius 1 is 1.21 bits per heavy atom. The van der Waals surface area contributed by atoms with Crippen molar-refractivity contribution in [3.8, 4) is 17.3 Å². The van der Waals surface area contributed by atoms with Crippen LogP contribution in [0.15, 0.2) is 42.6 Å². The first kappa shape index (κ1) is 13.3. The van der Waals surface area contributed by atoms with Crippen LogP contribution >= 0.6 is 0 Å². The van der Waals surface area contributed by atoms with Gasteiger partial charge in [-0.05, 0) is 44.8 Å². The Labute approximate surface area is 114 Å². The van der Waals surface area contributed by atoms with Gasteiger partial charge in [0.1, 0.15) is 6.07 Å². The van der Waals surface area contributed by atoms with Crippen LogP contribution in [0.4, 0.5) is 0 Å². The fraction of sp³-hybridized carbons (Fsp3) is 0.250. The molecule has 0 aliphatic rings. The summed E-state index contributed by atoms with van der Waals surface area (Å²) in [6, 6.07) is 14.3. The minimum absolute atomic E-state index is 0.328. The normalized spacial score (nSPS) is 12.2. The van der Waals surface area contributed by atoms with E-state index in [4.69, 9.17) is 5.26 Å². The van der Waals surface area contributed by atoms with Gasteiger partial charge in [-0.25, -0.2) is 0 Å². The summed E-state index contributed by atoms with van der Waals surface area (Å²) >= 11 is 0. The van der Waals surface area contributed by atoms with Gasteiger partial charge in [0.05, 0.1) is 11.3 Å². The topological polar surface area (TPSA) is 39.9 Å². The van der Waals surface area contributed by atoms with E-state index in [0.29, 0.717) is 11.6 Å². The number of hydrogen-bond acceptors (Lipinski definition) is 3. The Morgan fingerprint density at radius 3 is 2.68 bits per heavy atom. The molecule has 0 fully saturated rings. The molecule has 1 heterocycles. The minimum Gasteiger partial charge on any atom is -0.303 e. The van der Waals surface area contributed by atoms with Gasteiger partial charge < -0.3 is 4.90 Å². The molecule has 3 nitrogen and oxygen atoms in total. The predicted molar refractivity (Wildman–Crippen MR) is 76.5 cm³/mol. The number of benzene rings is 1. The van der Waals surface area contributed by atoms with Crippen molar-refractivity contribution in [1.82, 2.24) is 9.88 Å². The summed E-state index contributed by atoms with van der Waals surface area (Å²) < 4.78 is 0. The van der Waals surface area contributed by atoms with Gasteiger partial charge in [-0.2, -0.15) is 5.26 Å². The van der Waals surface area contributed by atoms with E-state index in [1.807, 2.05) is 12.1 Å². The zero-order chi connectivity index (χ0) is 13.8. The maximum Gasteiger partial charge on any atom is 0.101 e. The fourth-order valence-electron chi connectivity index (χ4n) is 1.97. The van der Waals surface area contributed by atoms with Crippen molar-refractivity contribution in [2.24, 2.45) is 0 Å². The molecule has 0 bridgehead atoms. The van der Waals surface area contributed by atoms with E-state index in [1.54, 1.807) is 18.3 Å². The highest BCUT2D eigenvalue weighted by Crippen LogP contribution is 2.25. The summed E-state index contributed by atoms with van der Waals surface area (Å²) in [6.07, 6.45) is 1.72. The van der Waals surface area contributed by atoms with Crippen molar-refractivity contribution in [3.05, 3.63) is 53.7 Å². The summed E-state index contributed by atoms with van der Waals surface area (Å²) in [4.78, 5) is 6.48. The molecule has 19 heavy (non-hydrogen) atoms. The molecule has 0 aliphatic heterocycles. The maximum absolute atomic E-state index is 9.15. The standard InChI is InChI=1S/C16H17N3/c1-12(19(2)3)13-6-4-7-14(10-13)16-15(11-17)8-5-9-18-16/h4-10,12H,1-3H3. The number of pyridine rings is 1. The highest BCUT2D eigenvalue weighted by molar-refractivity contribution is 5.66. The van der Waals surface area contributed by atoms with Gasteiger partial charge in [0.25, 0.3) is 0 Å². The number of nitriles is 1. The van der Waals surface area contributed by atoms with Gasteiger partial charge in [0.15, 0.2) is 0 Å². The summed E-state index contributed by atoms with van der Waals surface area (Å²) in [7, 11) is 4.11. The van der Waals surface area contributed by atoms with E-state index in [-0.39, 0.29) is 0 Å². The van der Waals surface area contributed by atoms with E-state index < -0.39 is 0 Å². The number of rotatable bonds is 3. The third-order valence-electron chi connectivity index (χ3n) is 3.35. The first-order valence-electron chi connectivity index (χ1n) is 6.25. The molecule has 0 N–H and O–H groups in total. The quantitative estimate of drug-likeness (QED) is 0.840. The van der Waals surface area contributed by atoms with Crippen LogP contribution in [-0.4, -0.2) is 24.0 Å². The second-order valence-electron chi connectivity index (χ2n) is 4.78. The van der Waals surface area contributed by atoms with Crippen molar-refractivity contribution in [1.29, 1.82) is 5.26 Å². The molecule has 0 saturated heterocycles. The van der Waals surface area contributed by atoms with Crippen LogP contribution in [0.3, 0.4) is 0 Å². The second-order valence-corrected chi connectivity index (χ2v) is 4.78. The molecule has 2 aromatic rings. The lowest BCUT2D eigenvalue weighted by Gasteiger charge is -2.20. The molecule has 0 radical (unpaired) electrons. The third-order valence-corrected chi connectivity index (χ3v) is 3.35. The second kappa shape index (κ2) is 5.64. The smallest absolute Gasteiger partial charge is 0.101 e. The molecule has 0 amide bonds. The van der Waals surface area contributed by atoms with Gasteiger partial charge in [0.2, 0.25) is 0 Å². The highest BCUT2D eigenvalue weighted by atomic mass is 15.1. The van der Waals surface area contributed by atoms with Gasteiger partial charge >= 0.3 is 0 Å². The van der Waals surface area contributed by atoms with Crippen molar-refractivity contribution >= 4 is 0 Å². The Kier molecular flexibility index (Phi) is 3.94. The summed E-state index contributed by atoms with van der Waals surface area (Å²) in [5, 5.41) is 9.15. The van der Waals surface area contributed by atoms with E-state index in [9.17, 15) is 0 Å². The Morgan fingerprint density at radius 2 is 2.00 bits per heavy atom. The predicted octanol–water partition coefficient (Wildman–Crippen LogP) is 3.24. The average Bonchev–Trinajstić information content (AvgIpc) is 2.46. The third kappa shape index (κ3) is 2.81. The zero-order valence-corrected chi connectivity index (χ0v) is 11.5. The van der Waals surface area contributed by atoms with Gasteiger partial charge in [-0.15, -0.1) is 0 Å². The first-order chi connectivity index (χ1) is 9.13. The van der Waals surface area contributed by atoms with Crippen molar-refractivity contribution in [2.75, 3.05) is 14.1 Å². The lowest BCUT2D eigenvalue weighted by Crippen LogP contribution is -2.16. The monoisotopic (exact) mass is 251 g/mol. The molecule has 1 atom stereocenters. The van der Waals surface area contributed by atoms with Crippen molar-refractivity contribution < 1.29 is 0 Å². The number of nitrogens with zero attached hydrogens (tertiary/aromatic N) is 3. The van der Waals surface area contributed by atoms with Gasteiger partial charge in [0, 0.05) is 17.8 Å². The molecule has 1 aromatic heterocycles.